The number of amides is 2. The molecule has 0 unspecified atom stereocenters. The number of piperidine rings is 1. The van der Waals surface area contributed by atoms with Gasteiger partial charge in [0.25, 0.3) is 5.91 Å². The van der Waals surface area contributed by atoms with Gasteiger partial charge in [0.15, 0.2) is 6.10 Å². The molecule has 27 heavy (non-hydrogen) atoms. The van der Waals surface area contributed by atoms with Gasteiger partial charge in [0.2, 0.25) is 5.91 Å². The van der Waals surface area contributed by atoms with Gasteiger partial charge in [0.1, 0.15) is 0 Å². The van der Waals surface area contributed by atoms with Gasteiger partial charge >= 0.3 is 5.97 Å². The van der Waals surface area contributed by atoms with Crippen LogP contribution < -0.4 is 10.6 Å². The van der Waals surface area contributed by atoms with E-state index in [1.54, 1.807) is 6.92 Å². The van der Waals surface area contributed by atoms with Gasteiger partial charge in [0, 0.05) is 24.2 Å². The molecular weight excluding hydrogens is 344 g/mol. The Balaban J connectivity index is 1.64. The number of rotatable bonds is 5. The zero-order valence-electron chi connectivity index (χ0n) is 15.1. The molecule has 2 atom stereocenters. The maximum absolute atomic E-state index is 12.5. The Hall–Kier alpha value is -3.15. The van der Waals surface area contributed by atoms with E-state index in [1.807, 2.05) is 54.6 Å². The summed E-state index contributed by atoms with van der Waals surface area (Å²) < 4.78 is 5.30. The van der Waals surface area contributed by atoms with Crippen LogP contribution in [-0.2, 0) is 19.1 Å². The maximum Gasteiger partial charge on any atom is 0.311 e. The Bertz CT molecular complexity index is 825. The van der Waals surface area contributed by atoms with Crippen molar-refractivity contribution in [3.63, 3.8) is 0 Å². The number of esters is 1. The van der Waals surface area contributed by atoms with Crippen molar-refractivity contribution in [1.29, 1.82) is 0 Å². The van der Waals surface area contributed by atoms with Crippen LogP contribution in [0.3, 0.4) is 0 Å². The van der Waals surface area contributed by atoms with Crippen molar-refractivity contribution in [3.8, 4) is 11.1 Å². The molecule has 0 radical (unpaired) electrons. The second kappa shape index (κ2) is 8.49. The summed E-state index contributed by atoms with van der Waals surface area (Å²) in [6.07, 6.45) is -0.195. The van der Waals surface area contributed by atoms with E-state index >= 15 is 0 Å². The lowest BCUT2D eigenvalue weighted by molar-refractivity contribution is -0.158. The molecule has 0 spiro atoms. The van der Waals surface area contributed by atoms with Crippen LogP contribution in [0, 0.1) is 5.92 Å². The molecular formula is C21H22N2O4. The average molecular weight is 366 g/mol. The highest BCUT2D eigenvalue weighted by Gasteiger charge is 2.28. The zero-order valence-corrected chi connectivity index (χ0v) is 15.1. The molecule has 0 saturated carbocycles. The molecule has 2 aromatic carbocycles. The first-order valence-electron chi connectivity index (χ1n) is 8.97. The summed E-state index contributed by atoms with van der Waals surface area (Å²) in [5.74, 6) is -1.34. The summed E-state index contributed by atoms with van der Waals surface area (Å²) in [4.78, 5) is 35.9. The predicted molar refractivity (Wildman–Crippen MR) is 102 cm³/mol. The third kappa shape index (κ3) is 4.73. The van der Waals surface area contributed by atoms with Gasteiger partial charge in [0.05, 0.1) is 5.92 Å². The Morgan fingerprint density at radius 2 is 1.81 bits per heavy atom. The molecule has 6 heteroatoms. The summed E-state index contributed by atoms with van der Waals surface area (Å²) in [5, 5.41) is 5.48. The number of hydrogen-bond acceptors (Lipinski definition) is 4. The minimum atomic E-state index is -0.932. The summed E-state index contributed by atoms with van der Waals surface area (Å²) >= 11 is 0. The average Bonchev–Trinajstić information content (AvgIpc) is 2.69. The van der Waals surface area contributed by atoms with Gasteiger partial charge in [-0.2, -0.15) is 0 Å². The van der Waals surface area contributed by atoms with E-state index in [9.17, 15) is 14.4 Å². The lowest BCUT2D eigenvalue weighted by Gasteiger charge is -2.23. The van der Waals surface area contributed by atoms with Crippen LogP contribution in [0.25, 0.3) is 11.1 Å². The molecule has 2 amide bonds. The van der Waals surface area contributed by atoms with Crippen molar-refractivity contribution in [2.45, 2.75) is 25.9 Å². The van der Waals surface area contributed by atoms with Crippen molar-refractivity contribution in [2.24, 2.45) is 5.92 Å². The van der Waals surface area contributed by atoms with Crippen LogP contribution in [0.2, 0.25) is 0 Å². The number of ether oxygens (including phenoxy) is 1. The number of carbonyl (C=O) groups is 3. The van der Waals surface area contributed by atoms with Gasteiger partial charge in [-0.15, -0.1) is 0 Å². The fourth-order valence-corrected chi connectivity index (χ4v) is 2.95. The van der Waals surface area contributed by atoms with Gasteiger partial charge in [-0.1, -0.05) is 48.5 Å². The molecule has 1 aliphatic rings. The van der Waals surface area contributed by atoms with Crippen LogP contribution >= 0.6 is 0 Å². The second-order valence-corrected chi connectivity index (χ2v) is 6.52. The number of benzene rings is 2. The number of hydrogen-bond donors (Lipinski definition) is 2. The van der Waals surface area contributed by atoms with Crippen LogP contribution in [-0.4, -0.2) is 30.4 Å². The van der Waals surface area contributed by atoms with E-state index in [1.165, 1.54) is 0 Å². The smallest absolute Gasteiger partial charge is 0.311 e. The quantitative estimate of drug-likeness (QED) is 0.797. The lowest BCUT2D eigenvalue weighted by Crippen LogP contribution is -2.41. The minimum absolute atomic E-state index is 0.0673. The van der Waals surface area contributed by atoms with Gasteiger partial charge < -0.3 is 15.4 Å². The monoisotopic (exact) mass is 366 g/mol. The normalized spacial score (nSPS) is 17.5. The first-order chi connectivity index (χ1) is 13.0. The molecule has 1 fully saturated rings. The van der Waals surface area contributed by atoms with E-state index in [-0.39, 0.29) is 12.5 Å². The minimum Gasteiger partial charge on any atom is -0.452 e. The van der Waals surface area contributed by atoms with Crippen molar-refractivity contribution in [3.05, 3.63) is 54.6 Å². The first-order valence-corrected chi connectivity index (χ1v) is 8.97. The second-order valence-electron chi connectivity index (χ2n) is 6.52. The molecule has 0 bridgehead atoms. The Morgan fingerprint density at radius 1 is 1.11 bits per heavy atom. The predicted octanol–water partition coefficient (Wildman–Crippen LogP) is 2.75. The number of carbonyl (C=O) groups excluding carboxylic acids is 3. The molecule has 0 aromatic heterocycles. The molecule has 2 aromatic rings. The van der Waals surface area contributed by atoms with Crippen molar-refractivity contribution in [1.82, 2.24) is 5.32 Å². The van der Waals surface area contributed by atoms with Gasteiger partial charge in [-0.05, 0) is 25.0 Å². The van der Waals surface area contributed by atoms with Crippen LogP contribution in [0.4, 0.5) is 5.69 Å². The van der Waals surface area contributed by atoms with Crippen molar-refractivity contribution >= 4 is 23.5 Å². The van der Waals surface area contributed by atoms with E-state index in [2.05, 4.69) is 10.6 Å². The highest BCUT2D eigenvalue weighted by Crippen LogP contribution is 2.27. The Morgan fingerprint density at radius 3 is 2.52 bits per heavy atom. The molecule has 0 aliphatic carbocycles. The number of nitrogens with one attached hydrogen (secondary N) is 2. The number of para-hydroxylation sites is 1. The standard InChI is InChI=1S/C21H22N2O4/c1-14(27-21(26)16-11-12-19(24)22-13-16)20(25)23-18-10-6-5-9-17(18)15-7-3-2-4-8-15/h2-10,14,16H,11-13H2,1H3,(H,22,24)(H,23,25)/t14-,16-/m0/s1. The van der Waals surface area contributed by atoms with Gasteiger partial charge in [-0.25, -0.2) is 0 Å². The highest BCUT2D eigenvalue weighted by molar-refractivity contribution is 5.98. The summed E-state index contributed by atoms with van der Waals surface area (Å²) in [6.45, 7) is 1.79. The highest BCUT2D eigenvalue weighted by atomic mass is 16.5. The molecule has 2 N–H and O–H groups in total. The van der Waals surface area contributed by atoms with Crippen LogP contribution in [0.5, 0.6) is 0 Å². The lowest BCUT2D eigenvalue weighted by atomic mass is 9.99. The summed E-state index contributed by atoms with van der Waals surface area (Å²) in [6, 6.07) is 17.2. The van der Waals surface area contributed by atoms with Crippen molar-refractivity contribution in [2.75, 3.05) is 11.9 Å². The van der Waals surface area contributed by atoms with Gasteiger partial charge in [-0.3, -0.25) is 14.4 Å². The largest absolute Gasteiger partial charge is 0.452 e. The van der Waals surface area contributed by atoms with E-state index in [4.69, 9.17) is 4.74 Å². The Kier molecular flexibility index (Phi) is 5.86. The fourth-order valence-electron chi connectivity index (χ4n) is 2.95. The molecule has 1 heterocycles. The third-order valence-electron chi connectivity index (χ3n) is 4.53. The molecule has 3 rings (SSSR count). The van der Waals surface area contributed by atoms with E-state index in [0.29, 0.717) is 18.5 Å². The fraction of sp³-hybridized carbons (Fsp3) is 0.286. The van der Waals surface area contributed by atoms with Crippen LogP contribution in [0.1, 0.15) is 19.8 Å². The number of anilines is 1. The first kappa shape index (κ1) is 18.6. The van der Waals surface area contributed by atoms with Crippen LogP contribution in [0.15, 0.2) is 54.6 Å². The molecule has 6 nitrogen and oxygen atoms in total. The SMILES string of the molecule is C[C@H](OC(=O)[C@H]1CCC(=O)NC1)C(=O)Nc1ccccc1-c1ccccc1. The topological polar surface area (TPSA) is 84.5 Å². The summed E-state index contributed by atoms with van der Waals surface area (Å²) in [5.41, 5.74) is 2.53. The van der Waals surface area contributed by atoms with Crippen molar-refractivity contribution < 1.29 is 19.1 Å². The van der Waals surface area contributed by atoms with E-state index < -0.39 is 23.9 Å². The zero-order chi connectivity index (χ0) is 19.2. The molecule has 1 aliphatic heterocycles. The Labute approximate surface area is 157 Å². The third-order valence-corrected chi connectivity index (χ3v) is 4.53. The molecule has 1 saturated heterocycles. The molecule has 140 valence electrons. The van der Waals surface area contributed by atoms with E-state index in [0.717, 1.165) is 11.1 Å². The summed E-state index contributed by atoms with van der Waals surface area (Å²) in [7, 11) is 0. The maximum atomic E-state index is 12.5.